The molecule has 8 heteroatoms. The van der Waals surface area contributed by atoms with Crippen molar-refractivity contribution >= 4 is 28.9 Å². The van der Waals surface area contributed by atoms with Gasteiger partial charge in [0.05, 0.1) is 24.8 Å². The molecule has 2 rings (SSSR count). The molecule has 0 aliphatic carbocycles. The minimum Gasteiger partial charge on any atom is -0.496 e. The Morgan fingerprint density at radius 2 is 2.04 bits per heavy atom. The first-order valence-corrected chi connectivity index (χ1v) is 8.36. The highest BCUT2D eigenvalue weighted by Crippen LogP contribution is 2.22. The number of hydrogen-bond acceptors (Lipinski definition) is 4. The zero-order valence-corrected chi connectivity index (χ0v) is 15.6. The van der Waals surface area contributed by atoms with Gasteiger partial charge in [-0.2, -0.15) is 0 Å². The summed E-state index contributed by atoms with van der Waals surface area (Å²) in [5, 5.41) is 14.2. The lowest BCUT2D eigenvalue weighted by Crippen LogP contribution is -3.08. The molecule has 0 heterocycles. The van der Waals surface area contributed by atoms with Crippen molar-refractivity contribution < 1.29 is 19.4 Å². The summed E-state index contributed by atoms with van der Waals surface area (Å²) in [6.07, 6.45) is 0. The van der Waals surface area contributed by atoms with E-state index >= 15 is 0 Å². The van der Waals surface area contributed by atoms with Crippen LogP contribution in [0.15, 0.2) is 36.4 Å². The average molecular weight is 379 g/mol. The normalized spacial score (nSPS) is 11.7. The first-order valence-electron chi connectivity index (χ1n) is 7.98. The predicted octanol–water partition coefficient (Wildman–Crippen LogP) is 2.22. The van der Waals surface area contributed by atoms with Gasteiger partial charge in [-0.25, -0.2) is 0 Å². The Bertz CT molecular complexity index is 826. The van der Waals surface area contributed by atoms with E-state index in [1.54, 1.807) is 32.2 Å². The van der Waals surface area contributed by atoms with Crippen molar-refractivity contribution in [1.82, 2.24) is 0 Å². The number of hydrogen-bond donors (Lipinski definition) is 2. The number of amides is 1. The lowest BCUT2D eigenvalue weighted by Gasteiger charge is -2.16. The fraction of sp³-hybridized carbons (Fsp3) is 0.278. The van der Waals surface area contributed by atoms with Gasteiger partial charge in [-0.3, -0.25) is 14.9 Å². The van der Waals surface area contributed by atoms with Gasteiger partial charge in [-0.05, 0) is 30.7 Å². The molecule has 0 aromatic heterocycles. The Morgan fingerprint density at radius 1 is 1.31 bits per heavy atom. The van der Waals surface area contributed by atoms with E-state index in [4.69, 9.17) is 16.3 Å². The first-order chi connectivity index (χ1) is 12.3. The second kappa shape index (κ2) is 8.64. The van der Waals surface area contributed by atoms with E-state index in [9.17, 15) is 14.9 Å². The van der Waals surface area contributed by atoms with Crippen molar-refractivity contribution in [3.63, 3.8) is 0 Å². The van der Waals surface area contributed by atoms with Gasteiger partial charge in [-0.15, -0.1) is 0 Å². The van der Waals surface area contributed by atoms with Gasteiger partial charge in [0, 0.05) is 22.7 Å². The average Bonchev–Trinajstić information content (AvgIpc) is 2.56. The largest absolute Gasteiger partial charge is 0.496 e. The number of likely N-dealkylation sites (N-methyl/N-ethyl adjacent to an activating group) is 1. The van der Waals surface area contributed by atoms with Gasteiger partial charge in [0.15, 0.2) is 6.54 Å². The van der Waals surface area contributed by atoms with E-state index < -0.39 is 4.92 Å². The third-order valence-corrected chi connectivity index (χ3v) is 4.14. The fourth-order valence-electron chi connectivity index (χ4n) is 2.60. The summed E-state index contributed by atoms with van der Waals surface area (Å²) in [6.45, 7) is 2.52. The molecule has 0 fully saturated rings. The molecule has 26 heavy (non-hydrogen) atoms. The summed E-state index contributed by atoms with van der Waals surface area (Å²) >= 11 is 6.03. The molecule has 0 aliphatic heterocycles. The molecule has 1 amide bonds. The summed E-state index contributed by atoms with van der Waals surface area (Å²) < 4.78 is 5.32. The molecule has 1 unspecified atom stereocenters. The van der Waals surface area contributed by atoms with E-state index in [1.165, 1.54) is 12.1 Å². The zero-order valence-electron chi connectivity index (χ0n) is 14.8. The van der Waals surface area contributed by atoms with Crippen LogP contribution in [-0.2, 0) is 11.3 Å². The third-order valence-electron chi connectivity index (χ3n) is 3.90. The molecular weight excluding hydrogens is 358 g/mol. The van der Waals surface area contributed by atoms with Crippen LogP contribution >= 0.6 is 11.6 Å². The number of aryl methyl sites for hydroxylation is 1. The van der Waals surface area contributed by atoms with Crippen molar-refractivity contribution in [2.45, 2.75) is 13.5 Å². The fourth-order valence-corrected chi connectivity index (χ4v) is 2.79. The summed E-state index contributed by atoms with van der Waals surface area (Å²) in [6, 6.07) is 9.73. The maximum absolute atomic E-state index is 12.3. The number of non-ortho nitro benzene ring substituents is 1. The minimum absolute atomic E-state index is 0.0599. The highest BCUT2D eigenvalue weighted by molar-refractivity contribution is 6.30. The Kier molecular flexibility index (Phi) is 6.54. The molecule has 138 valence electrons. The molecular formula is C18H21ClN3O4+. The second-order valence-electron chi connectivity index (χ2n) is 6.07. The van der Waals surface area contributed by atoms with E-state index in [2.05, 4.69) is 5.32 Å². The molecule has 0 radical (unpaired) electrons. The molecule has 2 aromatic rings. The Morgan fingerprint density at radius 3 is 2.69 bits per heavy atom. The summed E-state index contributed by atoms with van der Waals surface area (Å²) in [4.78, 5) is 23.6. The van der Waals surface area contributed by atoms with E-state index in [1.807, 2.05) is 13.1 Å². The second-order valence-corrected chi connectivity index (χ2v) is 6.51. The number of quaternary nitrogens is 1. The van der Waals surface area contributed by atoms with Gasteiger partial charge < -0.3 is 15.0 Å². The molecule has 0 spiro atoms. The molecule has 0 saturated heterocycles. The lowest BCUT2D eigenvalue weighted by molar-refractivity contribution is -0.885. The molecule has 0 saturated carbocycles. The number of carbonyl (C=O) groups excluding carboxylic acids is 1. The Balaban J connectivity index is 2.03. The third kappa shape index (κ3) is 5.18. The number of nitro benzene ring substituents is 1. The first kappa shape index (κ1) is 19.7. The van der Waals surface area contributed by atoms with Gasteiger partial charge in [0.25, 0.3) is 11.6 Å². The number of anilines is 1. The number of rotatable bonds is 7. The predicted molar refractivity (Wildman–Crippen MR) is 99.9 cm³/mol. The maximum Gasteiger partial charge on any atom is 0.279 e. The zero-order chi connectivity index (χ0) is 19.3. The van der Waals surface area contributed by atoms with E-state index in [-0.39, 0.29) is 18.1 Å². The lowest BCUT2D eigenvalue weighted by atomic mass is 10.1. The Hall–Kier alpha value is -2.64. The SMILES string of the molecule is COc1ccc(Cl)cc1C[NH+](C)CC(=O)Nc1cc([N+](=O)[O-])ccc1C. The molecule has 1 atom stereocenters. The standard InChI is InChI=1S/C18H20ClN3O4/c1-12-4-6-15(22(24)25)9-16(12)20-18(23)11-21(2)10-13-8-14(19)5-7-17(13)26-3/h4-9H,10-11H2,1-3H3,(H,20,23)/p+1. The number of ether oxygens (including phenoxy) is 1. The van der Waals surface area contributed by atoms with Gasteiger partial charge in [0.2, 0.25) is 0 Å². The molecule has 0 aliphatic rings. The van der Waals surface area contributed by atoms with Crippen LogP contribution < -0.4 is 15.0 Å². The van der Waals surface area contributed by atoms with Crippen LogP contribution in [-0.4, -0.2) is 31.5 Å². The molecule has 2 N–H and O–H groups in total. The number of nitrogens with zero attached hydrogens (tertiary/aromatic N) is 1. The van der Waals surface area contributed by atoms with Crippen LogP contribution in [0.5, 0.6) is 5.75 Å². The van der Waals surface area contributed by atoms with Crippen LogP contribution in [0.1, 0.15) is 11.1 Å². The monoisotopic (exact) mass is 378 g/mol. The van der Waals surface area contributed by atoms with Crippen LogP contribution in [0.2, 0.25) is 5.02 Å². The van der Waals surface area contributed by atoms with Crippen molar-refractivity contribution in [3.05, 3.63) is 62.7 Å². The van der Waals surface area contributed by atoms with Gasteiger partial charge >= 0.3 is 0 Å². The molecule has 0 bridgehead atoms. The van der Waals surface area contributed by atoms with Gasteiger partial charge in [0.1, 0.15) is 12.3 Å². The highest BCUT2D eigenvalue weighted by atomic mass is 35.5. The number of methoxy groups -OCH3 is 1. The van der Waals surface area contributed by atoms with E-state index in [0.717, 1.165) is 16.0 Å². The topological polar surface area (TPSA) is 85.9 Å². The summed E-state index contributed by atoms with van der Waals surface area (Å²) in [5.41, 5.74) is 2.04. The van der Waals surface area contributed by atoms with E-state index in [0.29, 0.717) is 23.0 Å². The quantitative estimate of drug-likeness (QED) is 0.571. The minimum atomic E-state index is -0.488. The number of halogens is 1. The summed E-state index contributed by atoms with van der Waals surface area (Å²) in [7, 11) is 3.46. The summed E-state index contributed by atoms with van der Waals surface area (Å²) in [5.74, 6) is 0.482. The van der Waals surface area contributed by atoms with Crippen molar-refractivity contribution in [1.29, 1.82) is 0 Å². The van der Waals surface area contributed by atoms with Gasteiger partial charge in [-0.1, -0.05) is 17.7 Å². The van der Waals surface area contributed by atoms with Crippen LogP contribution in [0.25, 0.3) is 0 Å². The number of benzene rings is 2. The Labute approximate surface area is 156 Å². The van der Waals surface area contributed by atoms with Crippen LogP contribution in [0, 0.1) is 17.0 Å². The highest BCUT2D eigenvalue weighted by Gasteiger charge is 2.16. The maximum atomic E-state index is 12.3. The number of nitrogens with one attached hydrogen (secondary N) is 2. The van der Waals surface area contributed by atoms with Crippen molar-refractivity contribution in [3.8, 4) is 5.75 Å². The van der Waals surface area contributed by atoms with Crippen molar-refractivity contribution in [2.24, 2.45) is 0 Å². The van der Waals surface area contributed by atoms with Crippen LogP contribution in [0.4, 0.5) is 11.4 Å². The smallest absolute Gasteiger partial charge is 0.279 e. The van der Waals surface area contributed by atoms with Crippen LogP contribution in [0.3, 0.4) is 0 Å². The number of nitro groups is 1. The molecule has 2 aromatic carbocycles. The molecule has 7 nitrogen and oxygen atoms in total. The number of carbonyl (C=O) groups is 1. The van der Waals surface area contributed by atoms with Crippen molar-refractivity contribution in [2.75, 3.05) is 26.0 Å².